The van der Waals surface area contributed by atoms with Crippen LogP contribution in [0.25, 0.3) is 0 Å². The number of aryl methyl sites for hydroxylation is 1. The van der Waals surface area contributed by atoms with E-state index in [9.17, 15) is 14.4 Å². The van der Waals surface area contributed by atoms with Crippen LogP contribution in [0, 0.1) is 12.8 Å². The molecule has 1 fully saturated rings. The maximum Gasteiger partial charge on any atom is 0.263 e. The minimum absolute atomic E-state index is 0.0313. The molecule has 1 aromatic heterocycles. The van der Waals surface area contributed by atoms with E-state index in [1.165, 1.54) is 23.9 Å². The van der Waals surface area contributed by atoms with E-state index in [-0.39, 0.29) is 11.5 Å². The summed E-state index contributed by atoms with van der Waals surface area (Å²) < 4.78 is 1.43. The van der Waals surface area contributed by atoms with Crippen molar-refractivity contribution in [1.82, 2.24) is 20.5 Å². The normalized spacial score (nSPS) is 14.3. The second kappa shape index (κ2) is 10.2. The van der Waals surface area contributed by atoms with E-state index < -0.39 is 11.5 Å². The van der Waals surface area contributed by atoms with Crippen LogP contribution < -0.4 is 21.5 Å². The number of carbonyl (C=O) groups is 2. The molecule has 3 N–H and O–H groups in total. The van der Waals surface area contributed by atoms with Crippen molar-refractivity contribution in [3.05, 3.63) is 69.1 Å². The van der Waals surface area contributed by atoms with Crippen molar-refractivity contribution in [2.24, 2.45) is 5.92 Å². The van der Waals surface area contributed by atoms with E-state index in [0.29, 0.717) is 24.6 Å². The second-order valence-electron chi connectivity index (χ2n) is 7.88. The summed E-state index contributed by atoms with van der Waals surface area (Å²) in [4.78, 5) is 37.8. The summed E-state index contributed by atoms with van der Waals surface area (Å²) in [6.45, 7) is 4.90. The number of carbonyl (C=O) groups excluding carboxylic acids is 2. The third-order valence-corrected chi connectivity index (χ3v) is 5.55. The summed E-state index contributed by atoms with van der Waals surface area (Å²) in [6, 6.07) is 9.19. The molecule has 1 aromatic carbocycles. The zero-order chi connectivity index (χ0) is 21.5. The van der Waals surface area contributed by atoms with Crippen molar-refractivity contribution in [3.8, 4) is 0 Å². The number of amides is 2. The quantitative estimate of drug-likeness (QED) is 0.648. The Bertz CT molecular complexity index is 961. The van der Waals surface area contributed by atoms with Crippen LogP contribution in [0.1, 0.15) is 51.1 Å². The van der Waals surface area contributed by atoms with Gasteiger partial charge in [-0.2, -0.15) is 0 Å². The predicted molar refractivity (Wildman–Crippen MR) is 117 cm³/mol. The monoisotopic (exact) mass is 410 g/mol. The Morgan fingerprint density at radius 3 is 2.63 bits per heavy atom. The van der Waals surface area contributed by atoms with Crippen molar-refractivity contribution in [2.75, 3.05) is 26.7 Å². The number of pyridine rings is 1. The topological polar surface area (TPSA) is 92.2 Å². The van der Waals surface area contributed by atoms with Crippen LogP contribution in [0.15, 0.2) is 41.3 Å². The lowest BCUT2D eigenvalue weighted by Crippen LogP contribution is -2.35. The van der Waals surface area contributed by atoms with Gasteiger partial charge in [0.2, 0.25) is 0 Å². The van der Waals surface area contributed by atoms with E-state index in [0.717, 1.165) is 43.5 Å². The Morgan fingerprint density at radius 1 is 1.17 bits per heavy atom. The summed E-state index contributed by atoms with van der Waals surface area (Å²) >= 11 is 0. The first-order valence-electron chi connectivity index (χ1n) is 10.5. The highest BCUT2D eigenvalue weighted by Gasteiger charge is 2.18. The molecule has 0 atom stereocenters. The zero-order valence-electron chi connectivity index (χ0n) is 17.7. The molecule has 1 aliphatic rings. The molecule has 30 heavy (non-hydrogen) atoms. The first kappa shape index (κ1) is 21.8. The van der Waals surface area contributed by atoms with Gasteiger partial charge in [0, 0.05) is 19.8 Å². The standard InChI is InChI=1S/C23H30N4O3/c1-16-4-3-5-18(12-16)14-27-15-19(13-20(23(27)30)22(29)24-2)21(28)26-11-8-17-6-9-25-10-7-17/h3-5,12-13,15,17,25H,6-11,14H2,1-2H3,(H,24,29)(H,26,28). The molecule has 7 heteroatoms. The summed E-state index contributed by atoms with van der Waals surface area (Å²) in [7, 11) is 1.47. The fourth-order valence-electron chi connectivity index (χ4n) is 3.84. The fraction of sp³-hybridized carbons (Fsp3) is 0.435. The minimum Gasteiger partial charge on any atom is -0.355 e. The van der Waals surface area contributed by atoms with Crippen LogP contribution in [0.4, 0.5) is 0 Å². The van der Waals surface area contributed by atoms with Gasteiger partial charge in [0.05, 0.1) is 12.1 Å². The third-order valence-electron chi connectivity index (χ3n) is 5.55. The van der Waals surface area contributed by atoms with Crippen molar-refractivity contribution in [1.29, 1.82) is 0 Å². The molecule has 0 unspecified atom stereocenters. The Morgan fingerprint density at radius 2 is 1.93 bits per heavy atom. The van der Waals surface area contributed by atoms with Crippen molar-refractivity contribution < 1.29 is 9.59 Å². The highest BCUT2D eigenvalue weighted by molar-refractivity contribution is 5.99. The first-order valence-corrected chi connectivity index (χ1v) is 10.5. The molecule has 2 amide bonds. The van der Waals surface area contributed by atoms with Gasteiger partial charge in [-0.3, -0.25) is 14.4 Å². The van der Waals surface area contributed by atoms with Gasteiger partial charge in [0.1, 0.15) is 5.56 Å². The van der Waals surface area contributed by atoms with E-state index >= 15 is 0 Å². The number of rotatable bonds is 7. The number of benzene rings is 1. The molecule has 160 valence electrons. The van der Waals surface area contributed by atoms with Gasteiger partial charge in [0.15, 0.2) is 0 Å². The molecule has 0 radical (unpaired) electrons. The lowest BCUT2D eigenvalue weighted by atomic mass is 9.95. The summed E-state index contributed by atoms with van der Waals surface area (Å²) in [6.07, 6.45) is 4.71. The van der Waals surface area contributed by atoms with Crippen LogP contribution >= 0.6 is 0 Å². The fourth-order valence-corrected chi connectivity index (χ4v) is 3.84. The maximum atomic E-state index is 12.8. The predicted octanol–water partition coefficient (Wildman–Crippen LogP) is 1.68. The van der Waals surface area contributed by atoms with Crippen LogP contribution in [0.3, 0.4) is 0 Å². The van der Waals surface area contributed by atoms with Gasteiger partial charge < -0.3 is 20.5 Å². The number of aromatic nitrogens is 1. The number of piperidine rings is 1. The van der Waals surface area contributed by atoms with E-state index in [4.69, 9.17) is 0 Å². The van der Waals surface area contributed by atoms with E-state index in [1.807, 2.05) is 31.2 Å². The second-order valence-corrected chi connectivity index (χ2v) is 7.88. The molecule has 1 aliphatic heterocycles. The van der Waals surface area contributed by atoms with Gasteiger partial charge in [0.25, 0.3) is 17.4 Å². The van der Waals surface area contributed by atoms with Crippen LogP contribution in [0.2, 0.25) is 0 Å². The van der Waals surface area contributed by atoms with Gasteiger partial charge in [-0.25, -0.2) is 0 Å². The molecule has 3 rings (SSSR count). The first-order chi connectivity index (χ1) is 14.5. The average molecular weight is 411 g/mol. The molecule has 1 saturated heterocycles. The van der Waals surface area contributed by atoms with Crippen LogP contribution in [-0.4, -0.2) is 43.1 Å². The number of nitrogens with zero attached hydrogens (tertiary/aromatic N) is 1. The Kier molecular flexibility index (Phi) is 7.41. The molecule has 7 nitrogen and oxygen atoms in total. The summed E-state index contributed by atoms with van der Waals surface area (Å²) in [5.41, 5.74) is 1.88. The smallest absolute Gasteiger partial charge is 0.263 e. The van der Waals surface area contributed by atoms with Crippen molar-refractivity contribution in [3.63, 3.8) is 0 Å². The van der Waals surface area contributed by atoms with Gasteiger partial charge in [-0.15, -0.1) is 0 Å². The number of hydrogen-bond acceptors (Lipinski definition) is 4. The Labute approximate surface area is 176 Å². The number of nitrogens with one attached hydrogen (secondary N) is 3. The van der Waals surface area contributed by atoms with Gasteiger partial charge >= 0.3 is 0 Å². The molecule has 0 bridgehead atoms. The molecule has 2 heterocycles. The molecule has 0 saturated carbocycles. The largest absolute Gasteiger partial charge is 0.355 e. The van der Waals surface area contributed by atoms with Crippen LogP contribution in [-0.2, 0) is 6.54 Å². The molecular formula is C23H30N4O3. The van der Waals surface area contributed by atoms with Crippen molar-refractivity contribution in [2.45, 2.75) is 32.7 Å². The molecule has 2 aromatic rings. The molecular weight excluding hydrogens is 380 g/mol. The Hall–Kier alpha value is -2.93. The van der Waals surface area contributed by atoms with Crippen molar-refractivity contribution >= 4 is 11.8 Å². The summed E-state index contributed by atoms with van der Waals surface area (Å²) in [5.74, 6) is -0.155. The molecule has 0 spiro atoms. The highest BCUT2D eigenvalue weighted by Crippen LogP contribution is 2.15. The maximum absolute atomic E-state index is 12.8. The average Bonchev–Trinajstić information content (AvgIpc) is 2.75. The lowest BCUT2D eigenvalue weighted by Gasteiger charge is -2.22. The Balaban J connectivity index is 1.79. The minimum atomic E-state index is -0.498. The van der Waals surface area contributed by atoms with Crippen LogP contribution in [0.5, 0.6) is 0 Å². The molecule has 0 aliphatic carbocycles. The van der Waals surface area contributed by atoms with E-state index in [2.05, 4.69) is 16.0 Å². The van der Waals surface area contributed by atoms with Gasteiger partial charge in [-0.1, -0.05) is 29.8 Å². The number of hydrogen-bond donors (Lipinski definition) is 3. The SMILES string of the molecule is CNC(=O)c1cc(C(=O)NCCC2CCNCC2)cn(Cc2cccc(C)c2)c1=O. The lowest BCUT2D eigenvalue weighted by molar-refractivity contribution is 0.0949. The van der Waals surface area contributed by atoms with Gasteiger partial charge in [-0.05, 0) is 56.8 Å². The third kappa shape index (κ3) is 5.57. The summed E-state index contributed by atoms with van der Waals surface area (Å²) in [5, 5.41) is 8.77. The highest BCUT2D eigenvalue weighted by atomic mass is 16.2. The zero-order valence-corrected chi connectivity index (χ0v) is 17.7. The van der Waals surface area contributed by atoms with E-state index in [1.54, 1.807) is 0 Å².